The molecule has 0 radical (unpaired) electrons. The molecule has 8 aromatic rings. The average Bonchev–Trinajstić information content (AvgIpc) is 3.23. The Kier molecular flexibility index (Phi) is 9.54. The van der Waals surface area contributed by atoms with E-state index in [1.165, 1.54) is 0 Å². The zero-order chi connectivity index (χ0) is 36.7. The third-order valence-corrected chi connectivity index (χ3v) is 8.94. The summed E-state index contributed by atoms with van der Waals surface area (Å²) in [5, 5.41) is 27.3. The number of carbonyl (C=O) groups excluding carboxylic acids is 2. The Hall–Kier alpha value is -7.58. The quantitative estimate of drug-likeness (QED) is 0.146. The molecule has 0 aliphatic rings. The molecule has 8 nitrogen and oxygen atoms in total. The van der Waals surface area contributed by atoms with Gasteiger partial charge in [0, 0.05) is 33.6 Å². The van der Waals surface area contributed by atoms with Gasteiger partial charge in [-0.3, -0.25) is 9.59 Å². The van der Waals surface area contributed by atoms with E-state index in [0.717, 1.165) is 44.0 Å². The van der Waals surface area contributed by atoms with Gasteiger partial charge in [0.1, 0.15) is 0 Å². The van der Waals surface area contributed by atoms with E-state index >= 15 is 0 Å². The van der Waals surface area contributed by atoms with Crippen molar-refractivity contribution in [2.24, 2.45) is 20.5 Å². The monoisotopic (exact) mass is 700 g/mol. The Bertz CT molecular complexity index is 2490. The van der Waals surface area contributed by atoms with Crippen molar-refractivity contribution in [3.8, 4) is 11.1 Å². The van der Waals surface area contributed by atoms with Crippen LogP contribution in [0, 0.1) is 0 Å². The molecule has 8 aromatic carbocycles. The van der Waals surface area contributed by atoms with Crippen molar-refractivity contribution in [1.82, 2.24) is 0 Å². The number of fused-ring (bicyclic) bond motifs is 2. The lowest BCUT2D eigenvalue weighted by molar-refractivity contribution is 0.101. The Morgan fingerprint density at radius 3 is 1.06 bits per heavy atom. The number of hydrogen-bond acceptors (Lipinski definition) is 6. The predicted octanol–water partition coefficient (Wildman–Crippen LogP) is 13.0. The standard InChI is InChI=1S/C46H32N6O2/c53-45(33-19-25-37(26-20-33)51-49-35-13-3-1-4-14-35)47-41-29-23-31-11-7-9-17-39(31)43(41)44-40-18-10-8-12-32(40)24-30-42(44)48-46(54)34-21-27-38(28-22-34)52-50-36-15-5-2-6-16-36/h1-30H,(H,47,53)(H,48,54). The molecule has 0 spiro atoms. The van der Waals surface area contributed by atoms with Gasteiger partial charge in [0.15, 0.2) is 0 Å². The molecule has 0 aliphatic heterocycles. The molecule has 2 N–H and O–H groups in total. The van der Waals surface area contributed by atoms with Crippen LogP contribution in [0.4, 0.5) is 34.1 Å². The van der Waals surface area contributed by atoms with E-state index < -0.39 is 0 Å². The van der Waals surface area contributed by atoms with Crippen LogP contribution in [-0.4, -0.2) is 11.8 Å². The number of benzene rings is 8. The van der Waals surface area contributed by atoms with E-state index in [1.807, 2.05) is 133 Å². The maximum Gasteiger partial charge on any atom is 0.255 e. The fourth-order valence-electron chi connectivity index (χ4n) is 6.26. The number of amides is 2. The molecule has 0 aromatic heterocycles. The van der Waals surface area contributed by atoms with Crippen molar-refractivity contribution in [2.45, 2.75) is 0 Å². The van der Waals surface area contributed by atoms with Crippen molar-refractivity contribution in [1.29, 1.82) is 0 Å². The van der Waals surface area contributed by atoms with Crippen LogP contribution in [0.1, 0.15) is 20.7 Å². The Morgan fingerprint density at radius 2 is 0.667 bits per heavy atom. The first-order valence-electron chi connectivity index (χ1n) is 17.4. The Balaban J connectivity index is 1.13. The van der Waals surface area contributed by atoms with Gasteiger partial charge in [-0.05, 0) is 106 Å². The van der Waals surface area contributed by atoms with Gasteiger partial charge in [-0.25, -0.2) is 0 Å². The molecular formula is C46H32N6O2. The fourth-order valence-corrected chi connectivity index (χ4v) is 6.26. The molecule has 0 bridgehead atoms. The summed E-state index contributed by atoms with van der Waals surface area (Å²) in [6.45, 7) is 0. The third kappa shape index (κ3) is 7.39. The van der Waals surface area contributed by atoms with Gasteiger partial charge >= 0.3 is 0 Å². The molecule has 0 atom stereocenters. The molecule has 0 heterocycles. The Labute approximate surface area is 311 Å². The van der Waals surface area contributed by atoms with E-state index in [-0.39, 0.29) is 11.8 Å². The smallest absolute Gasteiger partial charge is 0.255 e. The second-order valence-electron chi connectivity index (χ2n) is 12.5. The number of rotatable bonds is 9. The lowest BCUT2D eigenvalue weighted by Crippen LogP contribution is -2.14. The average molecular weight is 701 g/mol. The number of nitrogens with one attached hydrogen (secondary N) is 2. The summed E-state index contributed by atoms with van der Waals surface area (Å²) in [5.74, 6) is -0.568. The van der Waals surface area contributed by atoms with E-state index in [2.05, 4.69) is 31.1 Å². The Morgan fingerprint density at radius 1 is 0.333 bits per heavy atom. The highest BCUT2D eigenvalue weighted by atomic mass is 16.2. The molecule has 0 aliphatic carbocycles. The van der Waals surface area contributed by atoms with E-state index in [1.54, 1.807) is 48.5 Å². The molecule has 0 saturated carbocycles. The van der Waals surface area contributed by atoms with Gasteiger partial charge < -0.3 is 10.6 Å². The predicted molar refractivity (Wildman–Crippen MR) is 217 cm³/mol. The second-order valence-corrected chi connectivity index (χ2v) is 12.5. The van der Waals surface area contributed by atoms with Crippen LogP contribution in [-0.2, 0) is 0 Å². The van der Waals surface area contributed by atoms with Crippen LogP contribution in [0.5, 0.6) is 0 Å². The molecule has 0 fully saturated rings. The first-order chi connectivity index (χ1) is 26.6. The van der Waals surface area contributed by atoms with E-state index in [4.69, 9.17) is 0 Å². The van der Waals surface area contributed by atoms with Gasteiger partial charge in [0.05, 0.1) is 22.7 Å². The summed E-state index contributed by atoms with van der Waals surface area (Å²) in [5.41, 5.74) is 6.46. The fraction of sp³-hybridized carbons (Fsp3) is 0. The normalized spacial score (nSPS) is 11.3. The number of azo groups is 2. The third-order valence-electron chi connectivity index (χ3n) is 8.94. The first-order valence-corrected chi connectivity index (χ1v) is 17.4. The summed E-state index contributed by atoms with van der Waals surface area (Å²) in [6, 6.07) is 56.8. The van der Waals surface area contributed by atoms with Crippen molar-refractivity contribution in [3.63, 3.8) is 0 Å². The molecule has 0 saturated heterocycles. The highest BCUT2D eigenvalue weighted by molar-refractivity contribution is 6.19. The van der Waals surface area contributed by atoms with Crippen molar-refractivity contribution in [3.05, 3.63) is 193 Å². The molecule has 0 unspecified atom stereocenters. The van der Waals surface area contributed by atoms with E-state index in [9.17, 15) is 9.59 Å². The van der Waals surface area contributed by atoms with Gasteiger partial charge in [-0.1, -0.05) is 97.1 Å². The number of carbonyl (C=O) groups is 2. The second kappa shape index (κ2) is 15.3. The van der Waals surface area contributed by atoms with Gasteiger partial charge in [-0.15, -0.1) is 0 Å². The van der Waals surface area contributed by atoms with Crippen LogP contribution in [0.25, 0.3) is 32.7 Å². The molecule has 8 rings (SSSR count). The largest absolute Gasteiger partial charge is 0.321 e. The van der Waals surface area contributed by atoms with E-state index in [0.29, 0.717) is 33.9 Å². The number of hydrogen-bond donors (Lipinski definition) is 2. The van der Waals surface area contributed by atoms with Gasteiger partial charge in [-0.2, -0.15) is 20.5 Å². The SMILES string of the molecule is O=C(Nc1ccc2ccccc2c1-c1c(NC(=O)c2ccc(N=Nc3ccccc3)cc2)ccc2ccccc12)c1ccc(N=Nc2ccccc2)cc1. The lowest BCUT2D eigenvalue weighted by Gasteiger charge is -2.20. The first kappa shape index (κ1) is 33.6. The van der Waals surface area contributed by atoms with Crippen molar-refractivity contribution in [2.75, 3.05) is 10.6 Å². The molecule has 54 heavy (non-hydrogen) atoms. The molecule has 8 heteroatoms. The minimum Gasteiger partial charge on any atom is -0.321 e. The molecule has 2 amide bonds. The van der Waals surface area contributed by atoms with Crippen LogP contribution in [0.2, 0.25) is 0 Å². The minimum absolute atomic E-state index is 0.284. The van der Waals surface area contributed by atoms with Crippen LogP contribution in [0.15, 0.2) is 202 Å². The molecular weight excluding hydrogens is 669 g/mol. The number of nitrogens with zero attached hydrogens (tertiary/aromatic N) is 4. The van der Waals surface area contributed by atoms with Gasteiger partial charge in [0.2, 0.25) is 0 Å². The van der Waals surface area contributed by atoms with Crippen molar-refractivity contribution < 1.29 is 9.59 Å². The summed E-state index contributed by atoms with van der Waals surface area (Å²) in [6.07, 6.45) is 0. The maximum absolute atomic E-state index is 13.8. The summed E-state index contributed by atoms with van der Waals surface area (Å²) in [7, 11) is 0. The van der Waals surface area contributed by atoms with Crippen molar-refractivity contribution >= 4 is 67.5 Å². The zero-order valence-corrected chi connectivity index (χ0v) is 28.9. The summed E-state index contributed by atoms with van der Waals surface area (Å²) >= 11 is 0. The number of anilines is 2. The van der Waals surface area contributed by atoms with Crippen LogP contribution in [0.3, 0.4) is 0 Å². The highest BCUT2D eigenvalue weighted by Gasteiger charge is 2.20. The topological polar surface area (TPSA) is 108 Å². The maximum atomic E-state index is 13.8. The van der Waals surface area contributed by atoms with Gasteiger partial charge in [0.25, 0.3) is 11.8 Å². The van der Waals surface area contributed by atoms with Crippen LogP contribution < -0.4 is 10.6 Å². The summed E-state index contributed by atoms with van der Waals surface area (Å²) < 4.78 is 0. The lowest BCUT2D eigenvalue weighted by atomic mass is 9.90. The summed E-state index contributed by atoms with van der Waals surface area (Å²) in [4.78, 5) is 27.7. The highest BCUT2D eigenvalue weighted by Crippen LogP contribution is 2.44. The minimum atomic E-state index is -0.284. The zero-order valence-electron chi connectivity index (χ0n) is 28.9. The molecule has 258 valence electrons. The van der Waals surface area contributed by atoms with Crippen LogP contribution >= 0.6 is 0 Å².